The number of alkyl halides is 1. The van der Waals surface area contributed by atoms with E-state index in [0.29, 0.717) is 27.2 Å². The SMILES string of the molecule is Fc1cc(Br)c(OCCCl)c(Br)c1. The van der Waals surface area contributed by atoms with E-state index in [1.54, 1.807) is 0 Å². The Kier molecular flexibility index (Phi) is 4.49. The highest BCUT2D eigenvalue weighted by molar-refractivity contribution is 9.11. The Labute approximate surface area is 97.5 Å². The summed E-state index contributed by atoms with van der Waals surface area (Å²) in [6, 6.07) is 2.68. The van der Waals surface area contributed by atoms with E-state index in [-0.39, 0.29) is 5.82 Å². The predicted molar refractivity (Wildman–Crippen MR) is 58.0 cm³/mol. The first-order valence-electron chi connectivity index (χ1n) is 3.48. The smallest absolute Gasteiger partial charge is 0.147 e. The number of halogens is 4. The van der Waals surface area contributed by atoms with Crippen LogP contribution in [0.15, 0.2) is 21.1 Å². The van der Waals surface area contributed by atoms with Crippen LogP contribution in [0.25, 0.3) is 0 Å². The van der Waals surface area contributed by atoms with E-state index < -0.39 is 0 Å². The van der Waals surface area contributed by atoms with Crippen LogP contribution in [0.4, 0.5) is 4.39 Å². The highest BCUT2D eigenvalue weighted by Gasteiger charge is 2.08. The Morgan fingerprint density at radius 1 is 1.31 bits per heavy atom. The van der Waals surface area contributed by atoms with Crippen molar-refractivity contribution in [1.29, 1.82) is 0 Å². The maximum absolute atomic E-state index is 12.8. The Balaban J connectivity index is 2.92. The quantitative estimate of drug-likeness (QED) is 0.761. The van der Waals surface area contributed by atoms with Crippen molar-refractivity contribution in [2.24, 2.45) is 0 Å². The summed E-state index contributed by atoms with van der Waals surface area (Å²) in [7, 11) is 0. The fourth-order valence-corrected chi connectivity index (χ4v) is 2.24. The molecular formula is C8H6Br2ClFO. The number of ether oxygens (including phenoxy) is 1. The van der Waals surface area contributed by atoms with Crippen LogP contribution >= 0.6 is 43.5 Å². The first kappa shape index (κ1) is 11.3. The maximum atomic E-state index is 12.8. The highest BCUT2D eigenvalue weighted by atomic mass is 79.9. The molecule has 1 nitrogen and oxygen atoms in total. The molecule has 1 aromatic carbocycles. The lowest BCUT2D eigenvalue weighted by molar-refractivity contribution is 0.337. The molecule has 5 heteroatoms. The molecule has 13 heavy (non-hydrogen) atoms. The average Bonchev–Trinajstić information content (AvgIpc) is 2.02. The van der Waals surface area contributed by atoms with E-state index in [9.17, 15) is 4.39 Å². The second kappa shape index (κ2) is 5.17. The molecule has 0 N–H and O–H groups in total. The normalized spacial score (nSPS) is 10.2. The molecule has 0 saturated carbocycles. The van der Waals surface area contributed by atoms with Crippen molar-refractivity contribution in [2.45, 2.75) is 0 Å². The van der Waals surface area contributed by atoms with Gasteiger partial charge in [0, 0.05) is 0 Å². The van der Waals surface area contributed by atoms with Crippen molar-refractivity contribution >= 4 is 43.5 Å². The summed E-state index contributed by atoms with van der Waals surface area (Å²) < 4.78 is 19.2. The molecule has 0 aliphatic carbocycles. The summed E-state index contributed by atoms with van der Waals surface area (Å²) in [5, 5.41) is 0. The summed E-state index contributed by atoms with van der Waals surface area (Å²) in [5.74, 6) is 0.648. The van der Waals surface area contributed by atoms with Crippen LogP contribution < -0.4 is 4.74 Å². The Morgan fingerprint density at radius 2 is 1.85 bits per heavy atom. The molecule has 0 saturated heterocycles. The lowest BCUT2D eigenvalue weighted by atomic mass is 10.3. The molecule has 1 rings (SSSR count). The van der Waals surface area contributed by atoms with Gasteiger partial charge >= 0.3 is 0 Å². The van der Waals surface area contributed by atoms with Gasteiger partial charge in [-0.1, -0.05) is 0 Å². The first-order chi connectivity index (χ1) is 6.15. The van der Waals surface area contributed by atoms with Crippen LogP contribution in [0.3, 0.4) is 0 Å². The van der Waals surface area contributed by atoms with Gasteiger partial charge in [-0.05, 0) is 44.0 Å². The maximum Gasteiger partial charge on any atom is 0.147 e. The van der Waals surface area contributed by atoms with Gasteiger partial charge < -0.3 is 4.74 Å². The number of benzene rings is 1. The molecule has 0 fully saturated rings. The monoisotopic (exact) mass is 330 g/mol. The molecule has 0 aliphatic rings. The third kappa shape index (κ3) is 3.11. The Morgan fingerprint density at radius 3 is 2.31 bits per heavy atom. The number of rotatable bonds is 3. The largest absolute Gasteiger partial charge is 0.490 e. The highest BCUT2D eigenvalue weighted by Crippen LogP contribution is 2.34. The fraction of sp³-hybridized carbons (Fsp3) is 0.250. The van der Waals surface area contributed by atoms with Crippen LogP contribution in [0.1, 0.15) is 0 Å². The lowest BCUT2D eigenvalue weighted by Gasteiger charge is -2.08. The van der Waals surface area contributed by atoms with Crippen LogP contribution in [-0.2, 0) is 0 Å². The third-order valence-electron chi connectivity index (χ3n) is 1.29. The first-order valence-corrected chi connectivity index (χ1v) is 5.60. The zero-order valence-electron chi connectivity index (χ0n) is 6.49. The molecule has 0 heterocycles. The van der Waals surface area contributed by atoms with Gasteiger partial charge in [-0.2, -0.15) is 0 Å². The van der Waals surface area contributed by atoms with E-state index in [0.717, 1.165) is 0 Å². The molecule has 0 aromatic heterocycles. The molecule has 0 atom stereocenters. The van der Waals surface area contributed by atoms with Gasteiger partial charge in [0.05, 0.1) is 14.8 Å². The summed E-state index contributed by atoms with van der Waals surface area (Å²) in [6.07, 6.45) is 0. The van der Waals surface area contributed by atoms with Crippen molar-refractivity contribution < 1.29 is 9.13 Å². The molecule has 1 aromatic rings. The van der Waals surface area contributed by atoms with Gasteiger partial charge in [0.15, 0.2) is 0 Å². The van der Waals surface area contributed by atoms with Crippen LogP contribution in [0.5, 0.6) is 5.75 Å². The minimum Gasteiger partial charge on any atom is -0.490 e. The minimum atomic E-state index is -0.322. The second-order valence-corrected chi connectivity index (χ2v) is 4.32. The van der Waals surface area contributed by atoms with Crippen molar-refractivity contribution in [2.75, 3.05) is 12.5 Å². The second-order valence-electron chi connectivity index (χ2n) is 2.24. The van der Waals surface area contributed by atoms with Gasteiger partial charge in [0.2, 0.25) is 0 Å². The standard InChI is InChI=1S/C8H6Br2ClFO/c9-6-3-5(12)4-7(10)8(6)13-2-1-11/h3-4H,1-2H2. The van der Waals surface area contributed by atoms with Crippen LogP contribution in [0.2, 0.25) is 0 Å². The number of hydrogen-bond acceptors (Lipinski definition) is 1. The predicted octanol–water partition coefficient (Wildman–Crippen LogP) is 3.97. The summed E-state index contributed by atoms with van der Waals surface area (Å²) in [4.78, 5) is 0. The lowest BCUT2D eigenvalue weighted by Crippen LogP contribution is -1.99. The van der Waals surface area contributed by atoms with E-state index in [1.165, 1.54) is 12.1 Å². The van der Waals surface area contributed by atoms with E-state index in [4.69, 9.17) is 16.3 Å². The summed E-state index contributed by atoms with van der Waals surface area (Å²) in [6.45, 7) is 0.393. The molecule has 72 valence electrons. The fourth-order valence-electron chi connectivity index (χ4n) is 0.807. The van der Waals surface area contributed by atoms with Crippen molar-refractivity contribution in [3.8, 4) is 5.75 Å². The van der Waals surface area contributed by atoms with Gasteiger partial charge in [-0.3, -0.25) is 0 Å². The Hall–Kier alpha value is 0.200. The minimum absolute atomic E-state index is 0.322. The summed E-state index contributed by atoms with van der Waals surface area (Å²) >= 11 is 11.8. The summed E-state index contributed by atoms with van der Waals surface area (Å²) in [5.41, 5.74) is 0. The average molecular weight is 332 g/mol. The molecular weight excluding hydrogens is 326 g/mol. The topological polar surface area (TPSA) is 9.23 Å². The van der Waals surface area contributed by atoms with Crippen molar-refractivity contribution in [1.82, 2.24) is 0 Å². The van der Waals surface area contributed by atoms with Gasteiger partial charge in [0.25, 0.3) is 0 Å². The molecule has 0 radical (unpaired) electrons. The zero-order valence-corrected chi connectivity index (χ0v) is 10.4. The van der Waals surface area contributed by atoms with Crippen LogP contribution in [-0.4, -0.2) is 12.5 Å². The molecule has 0 unspecified atom stereocenters. The van der Waals surface area contributed by atoms with E-state index in [1.807, 2.05) is 0 Å². The van der Waals surface area contributed by atoms with Gasteiger partial charge in [0.1, 0.15) is 18.2 Å². The van der Waals surface area contributed by atoms with Gasteiger partial charge in [-0.25, -0.2) is 4.39 Å². The van der Waals surface area contributed by atoms with Crippen LogP contribution in [0, 0.1) is 5.82 Å². The molecule has 0 spiro atoms. The Bertz CT molecular complexity index is 283. The molecule has 0 aliphatic heterocycles. The van der Waals surface area contributed by atoms with Crippen molar-refractivity contribution in [3.63, 3.8) is 0 Å². The van der Waals surface area contributed by atoms with E-state index >= 15 is 0 Å². The van der Waals surface area contributed by atoms with Crippen molar-refractivity contribution in [3.05, 3.63) is 26.9 Å². The third-order valence-corrected chi connectivity index (χ3v) is 2.62. The van der Waals surface area contributed by atoms with E-state index in [2.05, 4.69) is 31.9 Å². The molecule has 0 bridgehead atoms. The van der Waals surface area contributed by atoms with Gasteiger partial charge in [-0.15, -0.1) is 11.6 Å². The zero-order chi connectivity index (χ0) is 9.84. The molecule has 0 amide bonds. The number of hydrogen-bond donors (Lipinski definition) is 0.